The first-order chi connectivity index (χ1) is 29.3. The quantitative estimate of drug-likeness (QED) is 0.164. The molecule has 13 rings (SSSR count). The number of fused-ring (bicyclic) bond motifs is 16. The molecule has 1 unspecified atom stereocenters. The van der Waals surface area contributed by atoms with Crippen LogP contribution in [-0.4, -0.2) is 0 Å². The van der Waals surface area contributed by atoms with Crippen LogP contribution in [0.1, 0.15) is 40.2 Å². The summed E-state index contributed by atoms with van der Waals surface area (Å²) in [5.74, 6) is 0.331. The zero-order valence-electron chi connectivity index (χ0n) is 32.3. The molecule has 0 aromatic heterocycles. The summed E-state index contributed by atoms with van der Waals surface area (Å²) in [6, 6.07) is 70.8. The summed E-state index contributed by atoms with van der Waals surface area (Å²) in [7, 11) is 0. The number of benzene rings is 9. The maximum absolute atomic E-state index is 2.60. The van der Waals surface area contributed by atoms with E-state index in [0.717, 1.165) is 6.42 Å². The molecule has 4 aliphatic rings. The van der Waals surface area contributed by atoms with Crippen molar-refractivity contribution in [2.75, 3.05) is 4.90 Å². The van der Waals surface area contributed by atoms with E-state index in [-0.39, 0.29) is 0 Å². The topological polar surface area (TPSA) is 3.24 Å². The number of hydrogen-bond acceptors (Lipinski definition) is 2. The van der Waals surface area contributed by atoms with E-state index in [1.807, 2.05) is 11.8 Å². The van der Waals surface area contributed by atoms with Gasteiger partial charge in [0.1, 0.15) is 0 Å². The van der Waals surface area contributed by atoms with Crippen molar-refractivity contribution in [3.63, 3.8) is 0 Å². The highest BCUT2D eigenvalue weighted by Crippen LogP contribution is 2.64. The van der Waals surface area contributed by atoms with E-state index in [2.05, 4.69) is 211 Å². The average Bonchev–Trinajstić information content (AvgIpc) is 3.94. The largest absolute Gasteiger partial charge is 0.310 e. The van der Waals surface area contributed by atoms with Gasteiger partial charge in [-0.25, -0.2) is 0 Å². The van der Waals surface area contributed by atoms with Gasteiger partial charge in [-0.05, 0) is 119 Å². The fraction of sp³-hybridized carbons (Fsp3) is 0.0526. The summed E-state index contributed by atoms with van der Waals surface area (Å²) in [5, 5.41) is 5.04. The third-order valence-electron chi connectivity index (χ3n) is 13.4. The SMILES string of the molecule is C1=CCC2C(=C1)Sc1cccc(N(c3ccc4c(c3)C3(c5ccccc5-c5ccccc53)c3ccccc3-4)c3cccc4c3ccc3cccc(-c5ccccc5)c34)c12. The lowest BCUT2D eigenvalue weighted by Gasteiger charge is -2.33. The van der Waals surface area contributed by atoms with E-state index >= 15 is 0 Å². The highest BCUT2D eigenvalue weighted by Gasteiger charge is 2.51. The van der Waals surface area contributed by atoms with E-state index in [1.165, 1.54) is 110 Å². The Morgan fingerprint density at radius 2 is 1.14 bits per heavy atom. The summed E-state index contributed by atoms with van der Waals surface area (Å²) in [5.41, 5.74) is 17.8. The minimum Gasteiger partial charge on any atom is -0.310 e. The number of nitrogens with zero attached hydrogens (tertiary/aromatic N) is 1. The van der Waals surface area contributed by atoms with Crippen molar-refractivity contribution in [3.8, 4) is 33.4 Å². The first-order valence-corrected chi connectivity index (χ1v) is 21.5. The zero-order valence-corrected chi connectivity index (χ0v) is 33.1. The molecule has 1 spiro atoms. The number of rotatable bonds is 4. The van der Waals surface area contributed by atoms with Crippen molar-refractivity contribution in [2.45, 2.75) is 22.6 Å². The fourth-order valence-corrected chi connectivity index (χ4v) is 12.3. The van der Waals surface area contributed by atoms with Gasteiger partial charge < -0.3 is 4.90 Å². The molecule has 2 heteroatoms. The molecule has 1 atom stereocenters. The van der Waals surface area contributed by atoms with E-state index in [1.54, 1.807) is 0 Å². The lowest BCUT2D eigenvalue weighted by molar-refractivity contribution is 0.793. The molecular formula is C57H37NS. The molecule has 0 fully saturated rings. The Kier molecular flexibility index (Phi) is 7.06. The van der Waals surface area contributed by atoms with E-state index in [9.17, 15) is 0 Å². The molecule has 0 saturated heterocycles. The molecule has 3 aliphatic carbocycles. The van der Waals surface area contributed by atoms with Crippen LogP contribution in [0.3, 0.4) is 0 Å². The van der Waals surface area contributed by atoms with E-state index < -0.39 is 5.41 Å². The molecule has 59 heavy (non-hydrogen) atoms. The van der Waals surface area contributed by atoms with Crippen LogP contribution in [0.2, 0.25) is 0 Å². The van der Waals surface area contributed by atoms with Crippen LogP contribution >= 0.6 is 11.8 Å². The van der Waals surface area contributed by atoms with Gasteiger partial charge in [0.15, 0.2) is 0 Å². The Hall–Kier alpha value is -6.87. The fourth-order valence-electron chi connectivity index (χ4n) is 11.1. The molecule has 0 N–H and O–H groups in total. The van der Waals surface area contributed by atoms with E-state index in [0.29, 0.717) is 5.92 Å². The van der Waals surface area contributed by atoms with E-state index in [4.69, 9.17) is 0 Å². The predicted octanol–water partition coefficient (Wildman–Crippen LogP) is 15.5. The van der Waals surface area contributed by atoms with Crippen molar-refractivity contribution in [1.29, 1.82) is 0 Å². The first-order valence-electron chi connectivity index (χ1n) is 20.7. The smallest absolute Gasteiger partial charge is 0.0726 e. The third kappa shape index (κ3) is 4.53. The number of allylic oxidation sites excluding steroid dienone is 4. The number of thioether (sulfide) groups is 1. The molecule has 0 amide bonds. The van der Waals surface area contributed by atoms with Crippen LogP contribution in [-0.2, 0) is 5.41 Å². The van der Waals surface area contributed by atoms with Crippen molar-refractivity contribution in [1.82, 2.24) is 0 Å². The molecule has 1 nitrogen and oxygen atoms in total. The molecule has 0 bridgehead atoms. The molecule has 9 aromatic carbocycles. The maximum Gasteiger partial charge on any atom is 0.0726 e. The lowest BCUT2D eigenvalue weighted by atomic mass is 9.70. The van der Waals surface area contributed by atoms with Gasteiger partial charge in [-0.1, -0.05) is 188 Å². The van der Waals surface area contributed by atoms with Gasteiger partial charge >= 0.3 is 0 Å². The normalized spacial score (nSPS) is 16.0. The third-order valence-corrected chi connectivity index (χ3v) is 14.6. The Morgan fingerprint density at radius 1 is 0.492 bits per heavy atom. The predicted molar refractivity (Wildman–Crippen MR) is 248 cm³/mol. The van der Waals surface area contributed by atoms with Crippen molar-refractivity contribution in [2.24, 2.45) is 0 Å². The van der Waals surface area contributed by atoms with Crippen molar-refractivity contribution >= 4 is 50.4 Å². The van der Waals surface area contributed by atoms with Gasteiger partial charge in [0, 0.05) is 21.9 Å². The van der Waals surface area contributed by atoms with Crippen LogP contribution in [0.5, 0.6) is 0 Å². The van der Waals surface area contributed by atoms with Gasteiger partial charge in [0.05, 0.1) is 16.8 Å². The molecule has 9 aromatic rings. The lowest BCUT2D eigenvalue weighted by Crippen LogP contribution is -2.26. The van der Waals surface area contributed by atoms with Crippen molar-refractivity contribution < 1.29 is 0 Å². The van der Waals surface area contributed by atoms with Gasteiger partial charge in [-0.3, -0.25) is 0 Å². The number of hydrogen-bond donors (Lipinski definition) is 0. The summed E-state index contributed by atoms with van der Waals surface area (Å²) in [4.78, 5) is 5.39. The molecule has 1 aliphatic heterocycles. The highest BCUT2D eigenvalue weighted by atomic mass is 32.2. The molecular weight excluding hydrogens is 731 g/mol. The van der Waals surface area contributed by atoms with Crippen LogP contribution < -0.4 is 4.90 Å². The second-order valence-electron chi connectivity index (χ2n) is 16.2. The molecule has 0 radical (unpaired) electrons. The van der Waals surface area contributed by atoms with Crippen LogP contribution in [0.15, 0.2) is 216 Å². The summed E-state index contributed by atoms with van der Waals surface area (Å²) >= 11 is 1.94. The maximum atomic E-state index is 2.60. The Balaban J connectivity index is 1.12. The van der Waals surface area contributed by atoms with Gasteiger partial charge in [-0.15, -0.1) is 0 Å². The standard InChI is InChI=1S/C57H37NS/c1-2-15-36(16-3-1)39-22-12-17-37-31-33-44-45(55(37)39)23-13-27-51(44)58(52-28-14-30-54-56(52)46-21-7-11-29-53(46)59-54)38-32-34-43-42-20-6-10-26-49(42)57(50(43)35-38)47-24-8-4-18-40(47)41-19-5-9-25-48(41)57/h1-20,22-35,46H,21H2. The van der Waals surface area contributed by atoms with Gasteiger partial charge in [-0.2, -0.15) is 0 Å². The summed E-state index contributed by atoms with van der Waals surface area (Å²) < 4.78 is 0. The minimum absolute atomic E-state index is 0.331. The Bertz CT molecular complexity index is 3230. The van der Waals surface area contributed by atoms with Gasteiger partial charge in [0.2, 0.25) is 0 Å². The second kappa shape index (κ2) is 12.6. The molecule has 1 heterocycles. The van der Waals surface area contributed by atoms with Gasteiger partial charge in [0.25, 0.3) is 0 Å². The molecule has 0 saturated carbocycles. The minimum atomic E-state index is -0.432. The molecule has 276 valence electrons. The monoisotopic (exact) mass is 767 g/mol. The number of anilines is 3. The second-order valence-corrected chi connectivity index (χ2v) is 17.4. The Labute approximate surface area is 348 Å². The van der Waals surface area contributed by atoms with Crippen LogP contribution in [0.4, 0.5) is 17.1 Å². The van der Waals surface area contributed by atoms with Crippen LogP contribution in [0, 0.1) is 0 Å². The zero-order chi connectivity index (χ0) is 38.7. The Morgan fingerprint density at radius 3 is 1.90 bits per heavy atom. The van der Waals surface area contributed by atoms with Crippen molar-refractivity contribution in [3.05, 3.63) is 239 Å². The summed E-state index contributed by atoms with van der Waals surface area (Å²) in [6.07, 6.45) is 7.91. The summed E-state index contributed by atoms with van der Waals surface area (Å²) in [6.45, 7) is 0. The average molecular weight is 768 g/mol. The first kappa shape index (κ1) is 33.1. The van der Waals surface area contributed by atoms with Crippen LogP contribution in [0.25, 0.3) is 54.9 Å². The highest BCUT2D eigenvalue weighted by molar-refractivity contribution is 8.03.